The molecule has 0 bridgehead atoms. The SMILES string of the molecule is CCCCCCCCC(S)C(S)CCCCCCC(OC#N)C(=O)OC. The molecule has 0 aromatic heterocycles. The zero-order valence-electron chi connectivity index (χ0n) is 16.5. The van der Waals surface area contributed by atoms with E-state index in [0.717, 1.165) is 38.5 Å². The number of carbonyl (C=O) groups excluding carboxylic acids is 1. The van der Waals surface area contributed by atoms with Crippen LogP contribution in [0.15, 0.2) is 0 Å². The molecule has 0 N–H and O–H groups in total. The lowest BCUT2D eigenvalue weighted by molar-refractivity contribution is -0.150. The van der Waals surface area contributed by atoms with Crippen LogP contribution in [0.2, 0.25) is 0 Å². The first-order valence-electron chi connectivity index (χ1n) is 10.1. The van der Waals surface area contributed by atoms with E-state index < -0.39 is 12.1 Å². The first-order valence-corrected chi connectivity index (χ1v) is 11.1. The molecule has 0 aliphatic carbocycles. The first-order chi connectivity index (χ1) is 12.6. The van der Waals surface area contributed by atoms with Crippen LogP contribution in [0.1, 0.15) is 90.4 Å². The number of hydrogen-bond donors (Lipinski definition) is 2. The molecule has 0 rings (SSSR count). The van der Waals surface area contributed by atoms with Crippen LogP contribution < -0.4 is 0 Å². The van der Waals surface area contributed by atoms with Gasteiger partial charge in [0.25, 0.3) is 6.26 Å². The van der Waals surface area contributed by atoms with Gasteiger partial charge in [0.1, 0.15) is 0 Å². The van der Waals surface area contributed by atoms with Crippen molar-refractivity contribution in [2.75, 3.05) is 7.11 Å². The zero-order valence-corrected chi connectivity index (χ0v) is 18.3. The Morgan fingerprint density at radius 3 is 1.81 bits per heavy atom. The molecule has 0 saturated heterocycles. The highest BCUT2D eigenvalue weighted by Crippen LogP contribution is 2.22. The minimum absolute atomic E-state index is 0.346. The highest BCUT2D eigenvalue weighted by Gasteiger charge is 2.20. The minimum atomic E-state index is -0.762. The molecule has 0 saturated carbocycles. The number of unbranched alkanes of at least 4 members (excludes halogenated alkanes) is 8. The van der Waals surface area contributed by atoms with E-state index in [0.29, 0.717) is 16.9 Å². The van der Waals surface area contributed by atoms with Crippen LogP contribution in [0.3, 0.4) is 0 Å². The summed E-state index contributed by atoms with van der Waals surface area (Å²) in [6, 6.07) is 0. The summed E-state index contributed by atoms with van der Waals surface area (Å²) in [6.45, 7) is 2.24. The summed E-state index contributed by atoms with van der Waals surface area (Å²) in [5.41, 5.74) is 0. The highest BCUT2D eigenvalue weighted by molar-refractivity contribution is 7.85. The highest BCUT2D eigenvalue weighted by atomic mass is 32.1. The van der Waals surface area contributed by atoms with Gasteiger partial charge in [-0.2, -0.15) is 30.5 Å². The molecular formula is C20H37NO3S2. The van der Waals surface area contributed by atoms with Crippen molar-refractivity contribution in [3.63, 3.8) is 0 Å². The lowest BCUT2D eigenvalue weighted by Gasteiger charge is -2.18. The van der Waals surface area contributed by atoms with Crippen molar-refractivity contribution >= 4 is 31.2 Å². The van der Waals surface area contributed by atoms with Gasteiger partial charge in [-0.1, -0.05) is 64.7 Å². The maximum Gasteiger partial charge on any atom is 0.348 e. The molecule has 3 atom stereocenters. The van der Waals surface area contributed by atoms with E-state index in [1.165, 1.54) is 45.6 Å². The van der Waals surface area contributed by atoms with Crippen molar-refractivity contribution in [3.05, 3.63) is 0 Å². The molecule has 0 radical (unpaired) electrons. The first kappa shape index (κ1) is 25.5. The van der Waals surface area contributed by atoms with E-state index in [1.807, 2.05) is 0 Å². The van der Waals surface area contributed by atoms with Crippen molar-refractivity contribution in [1.82, 2.24) is 0 Å². The van der Waals surface area contributed by atoms with Crippen molar-refractivity contribution in [2.45, 2.75) is 107 Å². The molecule has 152 valence electrons. The standard InChI is InChI=1S/C20H37NO3S2/c1-3-4-5-6-7-11-14-18(25)19(26)15-12-9-8-10-13-17(24-16-21)20(22)23-2/h17-19,25-26H,3-15H2,1-2H3. The van der Waals surface area contributed by atoms with Crippen LogP contribution in [0.4, 0.5) is 0 Å². The summed E-state index contributed by atoms with van der Waals surface area (Å²) in [6.07, 6.45) is 15.5. The van der Waals surface area contributed by atoms with Gasteiger partial charge in [0.2, 0.25) is 6.10 Å². The van der Waals surface area contributed by atoms with Crippen molar-refractivity contribution in [1.29, 1.82) is 5.26 Å². The van der Waals surface area contributed by atoms with Crippen molar-refractivity contribution in [3.8, 4) is 6.26 Å². The number of ether oxygens (including phenoxy) is 2. The van der Waals surface area contributed by atoms with E-state index >= 15 is 0 Å². The van der Waals surface area contributed by atoms with E-state index in [-0.39, 0.29) is 0 Å². The Bertz CT molecular complexity index is 388. The second-order valence-corrected chi connectivity index (χ2v) is 8.23. The third-order valence-corrected chi connectivity index (χ3v) is 6.14. The third kappa shape index (κ3) is 13.6. The Morgan fingerprint density at radius 2 is 1.35 bits per heavy atom. The summed E-state index contributed by atoms with van der Waals surface area (Å²) in [4.78, 5) is 11.4. The van der Waals surface area contributed by atoms with Gasteiger partial charge in [-0.05, 0) is 25.7 Å². The van der Waals surface area contributed by atoms with Crippen LogP contribution in [0, 0.1) is 11.5 Å². The quantitative estimate of drug-likeness (QED) is 0.141. The van der Waals surface area contributed by atoms with Crippen LogP contribution in [-0.2, 0) is 14.3 Å². The lowest BCUT2D eigenvalue weighted by Crippen LogP contribution is -2.23. The molecule has 0 fully saturated rings. The molecular weight excluding hydrogens is 366 g/mol. The lowest BCUT2D eigenvalue weighted by atomic mass is 10.0. The molecule has 6 heteroatoms. The smallest absolute Gasteiger partial charge is 0.348 e. The monoisotopic (exact) mass is 403 g/mol. The Kier molecular flexibility index (Phi) is 17.5. The van der Waals surface area contributed by atoms with Crippen molar-refractivity contribution < 1.29 is 14.3 Å². The molecule has 26 heavy (non-hydrogen) atoms. The minimum Gasteiger partial charge on any atom is -0.466 e. The van der Waals surface area contributed by atoms with E-state index in [9.17, 15) is 4.79 Å². The number of carbonyl (C=O) groups is 1. The van der Waals surface area contributed by atoms with Crippen LogP contribution >= 0.6 is 25.3 Å². The van der Waals surface area contributed by atoms with Gasteiger partial charge in [-0.3, -0.25) is 0 Å². The third-order valence-electron chi connectivity index (χ3n) is 4.67. The maximum absolute atomic E-state index is 11.4. The number of nitrogens with zero attached hydrogens (tertiary/aromatic N) is 1. The number of methoxy groups -OCH3 is 1. The summed E-state index contributed by atoms with van der Waals surface area (Å²) in [7, 11) is 1.31. The summed E-state index contributed by atoms with van der Waals surface area (Å²) < 4.78 is 9.37. The average molecular weight is 404 g/mol. The maximum atomic E-state index is 11.4. The predicted octanol–water partition coefficient (Wildman–Crippen LogP) is 5.71. The second kappa shape index (κ2) is 17.9. The summed E-state index contributed by atoms with van der Waals surface area (Å²) >= 11 is 9.44. The fraction of sp³-hybridized carbons (Fsp3) is 0.900. The average Bonchev–Trinajstić information content (AvgIpc) is 2.65. The molecule has 3 unspecified atom stereocenters. The second-order valence-electron chi connectivity index (χ2n) is 6.90. The van der Waals surface area contributed by atoms with Gasteiger partial charge >= 0.3 is 5.97 Å². The zero-order chi connectivity index (χ0) is 19.6. The van der Waals surface area contributed by atoms with Crippen molar-refractivity contribution in [2.24, 2.45) is 0 Å². The van der Waals surface area contributed by atoms with E-state index in [1.54, 1.807) is 6.26 Å². The Hall–Kier alpha value is -0.540. The largest absolute Gasteiger partial charge is 0.466 e. The van der Waals surface area contributed by atoms with E-state index in [4.69, 9.17) is 35.3 Å². The Labute approximate surface area is 171 Å². The van der Waals surface area contributed by atoms with Gasteiger partial charge in [0.05, 0.1) is 7.11 Å². The van der Waals surface area contributed by atoms with Crippen LogP contribution in [0.25, 0.3) is 0 Å². The molecule has 0 aromatic rings. The Balaban J connectivity index is 3.67. The number of esters is 1. The Morgan fingerprint density at radius 1 is 0.885 bits per heavy atom. The number of hydrogen-bond acceptors (Lipinski definition) is 6. The fourth-order valence-corrected chi connectivity index (χ4v) is 3.64. The van der Waals surface area contributed by atoms with Crippen LogP contribution in [0.5, 0.6) is 0 Å². The number of thiol groups is 2. The molecule has 4 nitrogen and oxygen atoms in total. The van der Waals surface area contributed by atoms with Gasteiger partial charge in [-0.25, -0.2) is 4.79 Å². The molecule has 0 heterocycles. The molecule has 0 aromatic carbocycles. The predicted molar refractivity (Wildman–Crippen MR) is 114 cm³/mol. The van der Waals surface area contributed by atoms with E-state index in [2.05, 4.69) is 11.7 Å². The van der Waals surface area contributed by atoms with Crippen LogP contribution in [-0.4, -0.2) is 29.7 Å². The molecule has 0 aliphatic rings. The summed E-state index contributed by atoms with van der Waals surface area (Å²) in [5.74, 6) is -0.477. The fourth-order valence-electron chi connectivity index (χ4n) is 2.98. The topological polar surface area (TPSA) is 59.3 Å². The van der Waals surface area contributed by atoms with Gasteiger partial charge < -0.3 is 9.47 Å². The molecule has 0 amide bonds. The normalized spacial score (nSPS) is 14.3. The molecule has 0 spiro atoms. The molecule has 0 aliphatic heterocycles. The number of rotatable bonds is 17. The number of nitriles is 1. The van der Waals surface area contributed by atoms with Gasteiger partial charge in [0, 0.05) is 10.5 Å². The van der Waals surface area contributed by atoms with Gasteiger partial charge in [0.15, 0.2) is 0 Å². The van der Waals surface area contributed by atoms with Gasteiger partial charge in [-0.15, -0.1) is 0 Å². The summed E-state index contributed by atoms with van der Waals surface area (Å²) in [5, 5.41) is 9.27.